The number of carbonyl (C=O) groups is 2. The van der Waals surface area contributed by atoms with Crippen LogP contribution in [0.3, 0.4) is 0 Å². The molecule has 3 aliphatic rings. The highest BCUT2D eigenvalue weighted by atomic mass is 35.5. The maximum atomic E-state index is 14.4. The maximum absolute atomic E-state index is 14.4. The molecule has 1 amide bonds. The molecule has 1 saturated heterocycles. The Bertz CT molecular complexity index is 1310. The third kappa shape index (κ3) is 5.40. The third-order valence-corrected chi connectivity index (χ3v) is 11.3. The number of sulfonamides is 1. The SMILES string of the molecule is CN(C[C@H](C1CC1)N1C(=O)[C@@](C)(CC=O)C[C@H](c2cccc(Cl)c2)[C@H]1c1ccc(Cl)cc1)S(=O)(=O)C1CC1. The molecule has 9 heteroatoms. The fourth-order valence-corrected chi connectivity index (χ4v) is 7.98. The molecule has 1 heterocycles. The second kappa shape index (κ2) is 10.6. The van der Waals surface area contributed by atoms with E-state index in [0.717, 1.165) is 30.3 Å². The van der Waals surface area contributed by atoms with E-state index in [-0.39, 0.29) is 48.0 Å². The normalized spacial score (nSPS) is 27.0. The average Bonchev–Trinajstić information content (AvgIpc) is 3.78. The van der Waals surface area contributed by atoms with Crippen LogP contribution < -0.4 is 0 Å². The van der Waals surface area contributed by atoms with E-state index >= 15 is 0 Å². The lowest BCUT2D eigenvalue weighted by atomic mass is 9.67. The van der Waals surface area contributed by atoms with Crippen LogP contribution in [-0.2, 0) is 19.6 Å². The van der Waals surface area contributed by atoms with Crippen molar-refractivity contribution >= 4 is 45.4 Å². The topological polar surface area (TPSA) is 74.8 Å². The molecule has 0 N–H and O–H groups in total. The highest BCUT2D eigenvalue weighted by Crippen LogP contribution is 2.54. The van der Waals surface area contributed by atoms with Gasteiger partial charge in [-0.25, -0.2) is 12.7 Å². The Morgan fingerprint density at radius 2 is 1.74 bits per heavy atom. The number of carbonyl (C=O) groups excluding carboxylic acids is 2. The van der Waals surface area contributed by atoms with Gasteiger partial charge in [0.05, 0.1) is 16.7 Å². The number of hydrogen-bond donors (Lipinski definition) is 0. The number of nitrogens with zero attached hydrogens (tertiary/aromatic N) is 2. The Morgan fingerprint density at radius 3 is 2.32 bits per heavy atom. The van der Waals surface area contributed by atoms with E-state index < -0.39 is 15.4 Å². The van der Waals surface area contributed by atoms with E-state index in [9.17, 15) is 18.0 Å². The smallest absolute Gasteiger partial charge is 0.229 e. The van der Waals surface area contributed by atoms with E-state index in [0.29, 0.717) is 29.3 Å². The van der Waals surface area contributed by atoms with Crippen LogP contribution in [0.4, 0.5) is 0 Å². The van der Waals surface area contributed by atoms with Gasteiger partial charge in [0.25, 0.3) is 0 Å². The van der Waals surface area contributed by atoms with E-state index in [1.54, 1.807) is 7.05 Å². The summed E-state index contributed by atoms with van der Waals surface area (Å²) in [7, 11) is -1.78. The summed E-state index contributed by atoms with van der Waals surface area (Å²) < 4.78 is 27.7. The molecule has 0 radical (unpaired) electrons. The Labute approximate surface area is 235 Å². The van der Waals surface area contributed by atoms with Crippen molar-refractivity contribution in [2.45, 2.75) is 68.7 Å². The molecular weight excluding hydrogens is 543 g/mol. The van der Waals surface area contributed by atoms with Crippen LogP contribution in [0.25, 0.3) is 0 Å². The monoisotopic (exact) mass is 576 g/mol. The van der Waals surface area contributed by atoms with Crippen LogP contribution in [-0.4, -0.2) is 54.7 Å². The van der Waals surface area contributed by atoms with Crippen molar-refractivity contribution in [3.05, 3.63) is 69.7 Å². The fourth-order valence-electron chi connectivity index (χ4n) is 6.05. The Morgan fingerprint density at radius 1 is 1.05 bits per heavy atom. The molecule has 2 aromatic rings. The van der Waals surface area contributed by atoms with Crippen molar-refractivity contribution < 1.29 is 18.0 Å². The summed E-state index contributed by atoms with van der Waals surface area (Å²) in [5, 5.41) is 0.879. The molecule has 3 fully saturated rings. The fraction of sp³-hybridized carbons (Fsp3) is 0.517. The van der Waals surface area contributed by atoms with Gasteiger partial charge < -0.3 is 9.69 Å². The minimum absolute atomic E-state index is 0.0976. The number of amides is 1. The number of piperidine rings is 1. The molecule has 0 bridgehead atoms. The number of aldehydes is 1. The zero-order valence-corrected chi connectivity index (χ0v) is 24.1. The standard InChI is InChI=1S/C29H34Cl2N2O4S/c1-29(14-15-34)17-25(21-4-3-5-23(31)16-21)27(20-8-10-22(30)11-9-20)33(28(29)35)26(19-6-7-19)18-32(2)38(36,37)24-12-13-24/h3-5,8-11,15-16,19,24-27H,6-7,12-14,17-18H2,1-2H3/t25-,26-,27-,29+/m1/s1. The van der Waals surface area contributed by atoms with Crippen LogP contribution in [0.15, 0.2) is 48.5 Å². The largest absolute Gasteiger partial charge is 0.330 e. The van der Waals surface area contributed by atoms with Gasteiger partial charge in [-0.15, -0.1) is 0 Å². The van der Waals surface area contributed by atoms with Crippen molar-refractivity contribution in [1.82, 2.24) is 9.21 Å². The molecule has 2 aromatic carbocycles. The molecule has 1 aliphatic heterocycles. The first kappa shape index (κ1) is 27.6. The van der Waals surface area contributed by atoms with Crippen LogP contribution in [0.5, 0.6) is 0 Å². The summed E-state index contributed by atoms with van der Waals surface area (Å²) in [6, 6.07) is 14.5. The molecule has 38 heavy (non-hydrogen) atoms. The second-order valence-electron chi connectivity index (χ2n) is 11.4. The minimum atomic E-state index is -3.42. The summed E-state index contributed by atoms with van der Waals surface area (Å²) in [5.41, 5.74) is 0.999. The molecule has 6 nitrogen and oxygen atoms in total. The number of likely N-dealkylation sites (tertiary alicyclic amines) is 1. The molecule has 0 unspecified atom stereocenters. The molecule has 204 valence electrons. The number of benzene rings is 2. The molecule has 5 rings (SSSR count). The highest BCUT2D eigenvalue weighted by molar-refractivity contribution is 7.90. The van der Waals surface area contributed by atoms with Gasteiger partial charge in [0.2, 0.25) is 15.9 Å². The first-order valence-electron chi connectivity index (χ1n) is 13.3. The maximum Gasteiger partial charge on any atom is 0.229 e. The number of likely N-dealkylation sites (N-methyl/N-ethyl adjacent to an activating group) is 1. The highest BCUT2D eigenvalue weighted by Gasteiger charge is 2.54. The van der Waals surface area contributed by atoms with Crippen molar-refractivity contribution in [1.29, 1.82) is 0 Å². The van der Waals surface area contributed by atoms with Crippen LogP contribution in [0.1, 0.15) is 68.5 Å². The van der Waals surface area contributed by atoms with Crippen molar-refractivity contribution in [2.24, 2.45) is 11.3 Å². The van der Waals surface area contributed by atoms with Crippen molar-refractivity contribution in [2.75, 3.05) is 13.6 Å². The van der Waals surface area contributed by atoms with E-state index in [1.807, 2.05) is 60.4 Å². The van der Waals surface area contributed by atoms with Gasteiger partial charge in [-0.05, 0) is 73.4 Å². The molecule has 4 atom stereocenters. The van der Waals surface area contributed by atoms with Gasteiger partial charge in [-0.3, -0.25) is 4.79 Å². The first-order chi connectivity index (χ1) is 18.0. The lowest BCUT2D eigenvalue weighted by Gasteiger charge is -2.52. The van der Waals surface area contributed by atoms with Gasteiger partial charge in [-0.2, -0.15) is 0 Å². The first-order valence-corrected chi connectivity index (χ1v) is 15.5. The van der Waals surface area contributed by atoms with E-state index in [2.05, 4.69) is 0 Å². The van der Waals surface area contributed by atoms with Gasteiger partial charge in [0.1, 0.15) is 6.29 Å². The van der Waals surface area contributed by atoms with Crippen LogP contribution in [0, 0.1) is 11.3 Å². The van der Waals surface area contributed by atoms with Crippen LogP contribution in [0.2, 0.25) is 10.0 Å². The summed E-state index contributed by atoms with van der Waals surface area (Å²) >= 11 is 12.7. The molecule has 2 aliphatic carbocycles. The zero-order chi connectivity index (χ0) is 27.2. The van der Waals surface area contributed by atoms with Crippen molar-refractivity contribution in [3.63, 3.8) is 0 Å². The Hall–Kier alpha value is -1.93. The van der Waals surface area contributed by atoms with Gasteiger partial charge in [0, 0.05) is 42.0 Å². The molecule has 0 aromatic heterocycles. The van der Waals surface area contributed by atoms with Gasteiger partial charge in [0.15, 0.2) is 0 Å². The average molecular weight is 578 g/mol. The summed E-state index contributed by atoms with van der Waals surface area (Å²) in [6.07, 6.45) is 4.64. The lowest BCUT2D eigenvalue weighted by Crippen LogP contribution is -2.59. The predicted molar refractivity (Wildman–Crippen MR) is 150 cm³/mol. The summed E-state index contributed by atoms with van der Waals surface area (Å²) in [4.78, 5) is 28.2. The summed E-state index contributed by atoms with van der Waals surface area (Å²) in [6.45, 7) is 2.10. The quantitative estimate of drug-likeness (QED) is 0.332. The molecule has 2 saturated carbocycles. The second-order valence-corrected chi connectivity index (χ2v) is 14.6. The zero-order valence-electron chi connectivity index (χ0n) is 21.7. The third-order valence-electron chi connectivity index (χ3n) is 8.47. The van der Waals surface area contributed by atoms with Gasteiger partial charge in [-0.1, -0.05) is 54.4 Å². The lowest BCUT2D eigenvalue weighted by molar-refractivity contribution is -0.157. The minimum Gasteiger partial charge on any atom is -0.330 e. The predicted octanol–water partition coefficient (Wildman–Crippen LogP) is 5.85. The van der Waals surface area contributed by atoms with Gasteiger partial charge >= 0.3 is 0 Å². The van der Waals surface area contributed by atoms with E-state index in [4.69, 9.17) is 23.2 Å². The molecule has 0 spiro atoms. The number of rotatable bonds is 10. The molecular formula is C29H34Cl2N2O4S. The van der Waals surface area contributed by atoms with Crippen molar-refractivity contribution in [3.8, 4) is 0 Å². The summed E-state index contributed by atoms with van der Waals surface area (Å²) in [5.74, 6) is -0.0507. The number of halogens is 2. The van der Waals surface area contributed by atoms with E-state index in [1.165, 1.54) is 4.31 Å². The van der Waals surface area contributed by atoms with Crippen LogP contribution >= 0.6 is 23.2 Å². The Kier molecular flexibility index (Phi) is 7.68. The Balaban J connectivity index is 1.64. The number of hydrogen-bond acceptors (Lipinski definition) is 4.